The minimum atomic E-state index is 1.03. The minimum Gasteiger partial charge on any atom is -0.0885 e. The lowest BCUT2D eigenvalue weighted by Crippen LogP contribution is -1.82. The first kappa shape index (κ1) is 11.7. The van der Waals surface area contributed by atoms with E-state index in [1.165, 1.54) is 16.7 Å². The van der Waals surface area contributed by atoms with Crippen molar-refractivity contribution in [2.45, 2.75) is 19.8 Å². The monoisotopic (exact) mass is 222 g/mol. The lowest BCUT2D eigenvalue weighted by Gasteiger charge is -2.02. The van der Waals surface area contributed by atoms with Gasteiger partial charge in [0.2, 0.25) is 0 Å². The fourth-order valence-electron chi connectivity index (χ4n) is 1.85. The smallest absolute Gasteiger partial charge is 0.00975 e. The molecule has 0 nitrogen and oxygen atoms in total. The molecule has 0 amide bonds. The van der Waals surface area contributed by atoms with E-state index in [-0.39, 0.29) is 0 Å². The fraction of sp³-hybridized carbons (Fsp3) is 0.176. The molecule has 0 fully saturated rings. The van der Waals surface area contributed by atoms with E-state index in [0.717, 1.165) is 12.8 Å². The molecular weight excluding hydrogens is 204 g/mol. The molecule has 0 spiro atoms. The second-order valence-corrected chi connectivity index (χ2v) is 4.15. The highest BCUT2D eigenvalue weighted by atomic mass is 14.0. The third-order valence-corrected chi connectivity index (χ3v) is 2.82. The van der Waals surface area contributed by atoms with Crippen LogP contribution in [0.5, 0.6) is 0 Å². The molecule has 2 rings (SSSR count). The molecule has 0 saturated heterocycles. The van der Waals surface area contributed by atoms with E-state index in [1.54, 1.807) is 0 Å². The third kappa shape index (κ3) is 3.32. The molecule has 86 valence electrons. The van der Waals surface area contributed by atoms with Gasteiger partial charge in [0, 0.05) is 0 Å². The van der Waals surface area contributed by atoms with Gasteiger partial charge in [0.1, 0.15) is 0 Å². The van der Waals surface area contributed by atoms with Crippen LogP contribution in [-0.4, -0.2) is 0 Å². The molecule has 2 aromatic rings. The molecule has 0 saturated carbocycles. The van der Waals surface area contributed by atoms with Crippen molar-refractivity contribution >= 4 is 0 Å². The Morgan fingerprint density at radius 3 is 2.06 bits per heavy atom. The van der Waals surface area contributed by atoms with Crippen LogP contribution in [0.1, 0.15) is 18.9 Å². The number of benzene rings is 2. The summed E-state index contributed by atoms with van der Waals surface area (Å²) >= 11 is 0. The molecule has 0 aliphatic rings. The first-order chi connectivity index (χ1) is 8.40. The van der Waals surface area contributed by atoms with Crippen molar-refractivity contribution < 1.29 is 0 Å². The second-order valence-electron chi connectivity index (χ2n) is 4.15. The van der Waals surface area contributed by atoms with Gasteiger partial charge in [0.15, 0.2) is 0 Å². The standard InChI is InChI=1S/C17H18/c1-2-3-5-8-15-11-13-17(14-12-15)16-9-6-4-7-10-16/h3-7,9-14H,2,8H2,1H3. The molecule has 0 aliphatic heterocycles. The molecule has 0 unspecified atom stereocenters. The molecule has 0 heteroatoms. The van der Waals surface area contributed by atoms with Crippen molar-refractivity contribution in [3.05, 3.63) is 72.3 Å². The molecule has 0 radical (unpaired) electrons. The normalized spacial score (nSPS) is 10.9. The molecule has 0 aromatic heterocycles. The summed E-state index contributed by atoms with van der Waals surface area (Å²) in [4.78, 5) is 0. The first-order valence-electron chi connectivity index (χ1n) is 6.19. The van der Waals surface area contributed by atoms with Crippen LogP contribution in [0.15, 0.2) is 66.7 Å². The van der Waals surface area contributed by atoms with Crippen molar-refractivity contribution in [1.29, 1.82) is 0 Å². The van der Waals surface area contributed by atoms with Gasteiger partial charge in [-0.2, -0.15) is 0 Å². The van der Waals surface area contributed by atoms with Gasteiger partial charge in [0.05, 0.1) is 0 Å². The van der Waals surface area contributed by atoms with Gasteiger partial charge >= 0.3 is 0 Å². The predicted octanol–water partition coefficient (Wildman–Crippen LogP) is 4.86. The van der Waals surface area contributed by atoms with Gasteiger partial charge in [-0.3, -0.25) is 0 Å². The Labute approximate surface area is 104 Å². The molecule has 0 aliphatic carbocycles. The highest BCUT2D eigenvalue weighted by Crippen LogP contribution is 2.19. The zero-order valence-electron chi connectivity index (χ0n) is 10.3. The van der Waals surface area contributed by atoms with Gasteiger partial charge in [-0.25, -0.2) is 0 Å². The number of rotatable bonds is 4. The molecule has 0 atom stereocenters. The van der Waals surface area contributed by atoms with Gasteiger partial charge in [-0.05, 0) is 29.5 Å². The molecule has 0 N–H and O–H groups in total. The van der Waals surface area contributed by atoms with E-state index < -0.39 is 0 Å². The van der Waals surface area contributed by atoms with Crippen LogP contribution < -0.4 is 0 Å². The summed E-state index contributed by atoms with van der Waals surface area (Å²) in [5.41, 5.74) is 3.94. The maximum absolute atomic E-state index is 2.23. The largest absolute Gasteiger partial charge is 0.0885 e. The summed E-state index contributed by atoms with van der Waals surface area (Å²) in [5.74, 6) is 0. The summed E-state index contributed by atoms with van der Waals surface area (Å²) in [5, 5.41) is 0. The maximum atomic E-state index is 2.23. The van der Waals surface area contributed by atoms with Crippen LogP contribution in [0.2, 0.25) is 0 Å². The lowest BCUT2D eigenvalue weighted by atomic mass is 10.0. The van der Waals surface area contributed by atoms with Crippen molar-refractivity contribution in [1.82, 2.24) is 0 Å². The summed E-state index contributed by atoms with van der Waals surface area (Å²) in [6.07, 6.45) is 6.59. The van der Waals surface area contributed by atoms with Crippen molar-refractivity contribution in [3.63, 3.8) is 0 Å². The van der Waals surface area contributed by atoms with E-state index in [1.807, 2.05) is 6.07 Å². The topological polar surface area (TPSA) is 0 Å². The zero-order chi connectivity index (χ0) is 11.9. The Morgan fingerprint density at radius 2 is 1.41 bits per heavy atom. The van der Waals surface area contributed by atoms with E-state index in [4.69, 9.17) is 0 Å². The van der Waals surface area contributed by atoms with E-state index in [9.17, 15) is 0 Å². The predicted molar refractivity (Wildman–Crippen MR) is 75.0 cm³/mol. The first-order valence-corrected chi connectivity index (χ1v) is 6.19. The van der Waals surface area contributed by atoms with Gasteiger partial charge in [0.25, 0.3) is 0 Å². The van der Waals surface area contributed by atoms with Crippen molar-refractivity contribution in [2.24, 2.45) is 0 Å². The van der Waals surface area contributed by atoms with Crippen LogP contribution in [-0.2, 0) is 6.42 Å². The highest BCUT2D eigenvalue weighted by Gasteiger charge is 1.96. The number of hydrogen-bond acceptors (Lipinski definition) is 0. The summed E-state index contributed by atoms with van der Waals surface area (Å²) in [6.45, 7) is 2.16. The summed E-state index contributed by atoms with van der Waals surface area (Å²) in [7, 11) is 0. The van der Waals surface area contributed by atoms with E-state index in [2.05, 4.69) is 67.6 Å². The highest BCUT2D eigenvalue weighted by molar-refractivity contribution is 5.63. The van der Waals surface area contributed by atoms with E-state index in [0.29, 0.717) is 0 Å². The van der Waals surface area contributed by atoms with Crippen molar-refractivity contribution in [3.8, 4) is 11.1 Å². The lowest BCUT2D eigenvalue weighted by molar-refractivity contribution is 1.18. The van der Waals surface area contributed by atoms with Crippen LogP contribution in [0, 0.1) is 0 Å². The Morgan fingerprint density at radius 1 is 0.765 bits per heavy atom. The van der Waals surface area contributed by atoms with Crippen LogP contribution >= 0.6 is 0 Å². The average Bonchev–Trinajstić information content (AvgIpc) is 2.41. The quantitative estimate of drug-likeness (QED) is 0.648. The van der Waals surface area contributed by atoms with Crippen LogP contribution in [0.4, 0.5) is 0 Å². The Hall–Kier alpha value is -1.82. The van der Waals surface area contributed by atoms with Gasteiger partial charge in [-0.15, -0.1) is 0 Å². The van der Waals surface area contributed by atoms with Crippen LogP contribution in [0.25, 0.3) is 11.1 Å². The zero-order valence-corrected chi connectivity index (χ0v) is 10.3. The third-order valence-electron chi connectivity index (χ3n) is 2.82. The number of hydrogen-bond donors (Lipinski definition) is 0. The number of allylic oxidation sites excluding steroid dienone is 2. The van der Waals surface area contributed by atoms with Gasteiger partial charge in [-0.1, -0.05) is 73.7 Å². The Kier molecular flexibility index (Phi) is 4.15. The van der Waals surface area contributed by atoms with Crippen LogP contribution in [0.3, 0.4) is 0 Å². The SMILES string of the molecule is CCC=CCc1ccc(-c2ccccc2)cc1. The maximum Gasteiger partial charge on any atom is -0.00975 e. The summed E-state index contributed by atoms with van der Waals surface area (Å²) < 4.78 is 0. The average molecular weight is 222 g/mol. The van der Waals surface area contributed by atoms with Crippen molar-refractivity contribution in [2.75, 3.05) is 0 Å². The second kappa shape index (κ2) is 6.05. The molecule has 0 heterocycles. The minimum absolute atomic E-state index is 1.03. The molecule has 0 bridgehead atoms. The van der Waals surface area contributed by atoms with E-state index >= 15 is 0 Å². The molecule has 17 heavy (non-hydrogen) atoms. The Bertz CT molecular complexity index is 463. The molecule has 2 aromatic carbocycles. The Balaban J connectivity index is 2.11. The summed E-state index contributed by atoms with van der Waals surface area (Å²) in [6, 6.07) is 19.3. The fourth-order valence-corrected chi connectivity index (χ4v) is 1.85. The van der Waals surface area contributed by atoms with Gasteiger partial charge < -0.3 is 0 Å². The molecular formula is C17H18.